The molecular formula is C16H25NO. The van der Waals surface area contributed by atoms with Gasteiger partial charge in [0.1, 0.15) is 5.78 Å². The lowest BCUT2D eigenvalue weighted by atomic mass is 9.51. The van der Waals surface area contributed by atoms with Crippen molar-refractivity contribution < 1.29 is 4.79 Å². The predicted molar refractivity (Wildman–Crippen MR) is 71.1 cm³/mol. The number of nitrogens with one attached hydrogen (secondary N) is 1. The predicted octanol–water partition coefficient (Wildman–Crippen LogP) is 2.63. The first-order chi connectivity index (χ1) is 8.79. The molecule has 4 saturated carbocycles. The fourth-order valence-corrected chi connectivity index (χ4v) is 5.70. The van der Waals surface area contributed by atoms with Crippen LogP contribution in [0.1, 0.15) is 44.9 Å². The number of Topliss-reactive ketones (excluding diaryl/α,β-unsaturated/α-hetero) is 1. The molecule has 0 amide bonds. The van der Waals surface area contributed by atoms with Crippen molar-refractivity contribution >= 4 is 5.78 Å². The molecule has 100 valence electrons. The van der Waals surface area contributed by atoms with E-state index in [1.165, 1.54) is 32.1 Å². The first-order valence-corrected chi connectivity index (χ1v) is 8.03. The van der Waals surface area contributed by atoms with E-state index in [4.69, 9.17) is 0 Å². The minimum Gasteiger partial charge on any atom is -0.316 e. The molecule has 0 aromatic carbocycles. The van der Waals surface area contributed by atoms with Crippen LogP contribution in [-0.4, -0.2) is 18.9 Å². The maximum absolute atomic E-state index is 12.4. The van der Waals surface area contributed by atoms with Gasteiger partial charge in [0.05, 0.1) is 0 Å². The summed E-state index contributed by atoms with van der Waals surface area (Å²) >= 11 is 0. The van der Waals surface area contributed by atoms with Gasteiger partial charge in [0.15, 0.2) is 0 Å². The maximum atomic E-state index is 12.4. The molecule has 1 atom stereocenters. The van der Waals surface area contributed by atoms with E-state index in [0.717, 1.165) is 55.5 Å². The molecule has 0 radical (unpaired) electrons. The van der Waals surface area contributed by atoms with Gasteiger partial charge in [-0.1, -0.05) is 0 Å². The highest BCUT2D eigenvalue weighted by atomic mass is 16.1. The van der Waals surface area contributed by atoms with Crippen molar-refractivity contribution in [2.45, 2.75) is 44.9 Å². The van der Waals surface area contributed by atoms with Gasteiger partial charge in [0, 0.05) is 18.9 Å². The molecule has 2 nitrogen and oxygen atoms in total. The van der Waals surface area contributed by atoms with E-state index in [-0.39, 0.29) is 0 Å². The number of hydrogen-bond acceptors (Lipinski definition) is 2. The van der Waals surface area contributed by atoms with Crippen molar-refractivity contribution in [2.24, 2.45) is 35.5 Å². The maximum Gasteiger partial charge on any atom is 0.137 e. The van der Waals surface area contributed by atoms with Crippen LogP contribution in [0.2, 0.25) is 0 Å². The zero-order chi connectivity index (χ0) is 12.1. The molecule has 0 spiro atoms. The van der Waals surface area contributed by atoms with E-state index in [1.807, 2.05) is 0 Å². The van der Waals surface area contributed by atoms with Crippen LogP contribution in [0.3, 0.4) is 0 Å². The summed E-state index contributed by atoms with van der Waals surface area (Å²) in [6, 6.07) is 0. The van der Waals surface area contributed by atoms with Crippen LogP contribution in [0.15, 0.2) is 0 Å². The summed E-state index contributed by atoms with van der Waals surface area (Å²) in [6.45, 7) is 2.00. The van der Waals surface area contributed by atoms with Crippen molar-refractivity contribution in [1.82, 2.24) is 5.32 Å². The average Bonchev–Trinajstić information content (AvgIpc) is 2.86. The van der Waals surface area contributed by atoms with E-state index in [0.29, 0.717) is 11.7 Å². The second kappa shape index (κ2) is 4.33. The first-order valence-electron chi connectivity index (χ1n) is 8.03. The van der Waals surface area contributed by atoms with Crippen LogP contribution in [0.5, 0.6) is 0 Å². The molecular weight excluding hydrogens is 222 g/mol. The molecule has 0 aromatic heterocycles. The largest absolute Gasteiger partial charge is 0.316 e. The Labute approximate surface area is 110 Å². The molecule has 1 aliphatic heterocycles. The highest BCUT2D eigenvalue weighted by Crippen LogP contribution is 2.57. The van der Waals surface area contributed by atoms with Crippen LogP contribution in [0, 0.1) is 35.5 Å². The lowest BCUT2D eigenvalue weighted by molar-refractivity contribution is -0.127. The number of rotatable bonds is 3. The van der Waals surface area contributed by atoms with Crippen molar-refractivity contribution in [1.29, 1.82) is 0 Å². The minimum atomic E-state index is 0.349. The van der Waals surface area contributed by atoms with E-state index >= 15 is 0 Å². The van der Waals surface area contributed by atoms with E-state index in [1.54, 1.807) is 0 Å². The molecule has 5 fully saturated rings. The Bertz CT molecular complexity index is 317. The zero-order valence-corrected chi connectivity index (χ0v) is 11.2. The molecule has 1 saturated heterocycles. The Morgan fingerprint density at radius 2 is 1.67 bits per heavy atom. The Hall–Kier alpha value is -0.370. The van der Waals surface area contributed by atoms with Crippen LogP contribution in [0.25, 0.3) is 0 Å². The highest BCUT2D eigenvalue weighted by Gasteiger charge is 2.48. The van der Waals surface area contributed by atoms with Gasteiger partial charge in [-0.15, -0.1) is 0 Å². The lowest BCUT2D eigenvalue weighted by Gasteiger charge is -2.54. The third kappa shape index (κ3) is 1.84. The van der Waals surface area contributed by atoms with Crippen LogP contribution < -0.4 is 5.32 Å². The molecule has 1 unspecified atom stereocenters. The lowest BCUT2D eigenvalue weighted by Crippen LogP contribution is -2.46. The molecule has 18 heavy (non-hydrogen) atoms. The number of ketones is 1. The van der Waals surface area contributed by atoms with Gasteiger partial charge in [0.25, 0.3) is 0 Å². The number of carbonyl (C=O) groups excluding carboxylic acids is 1. The quantitative estimate of drug-likeness (QED) is 0.830. The molecule has 4 aliphatic carbocycles. The van der Waals surface area contributed by atoms with Gasteiger partial charge in [-0.2, -0.15) is 0 Å². The van der Waals surface area contributed by atoms with Crippen LogP contribution >= 0.6 is 0 Å². The normalized spacial score (nSPS) is 49.8. The summed E-state index contributed by atoms with van der Waals surface area (Å²) in [5.41, 5.74) is 0. The Morgan fingerprint density at radius 3 is 2.22 bits per heavy atom. The summed E-state index contributed by atoms with van der Waals surface area (Å²) < 4.78 is 0. The Balaban J connectivity index is 1.44. The van der Waals surface area contributed by atoms with Gasteiger partial charge in [-0.05, 0) is 74.7 Å². The third-order valence-corrected chi connectivity index (χ3v) is 6.37. The highest BCUT2D eigenvalue weighted by molar-refractivity contribution is 5.81. The number of hydrogen-bond donors (Lipinski definition) is 1. The molecule has 2 heteroatoms. The minimum absolute atomic E-state index is 0.349. The molecule has 1 heterocycles. The second-order valence-electron chi connectivity index (χ2n) is 7.45. The first kappa shape index (κ1) is 11.5. The number of carbonyl (C=O) groups is 1. The van der Waals surface area contributed by atoms with Crippen molar-refractivity contribution in [3.8, 4) is 0 Å². The third-order valence-electron chi connectivity index (χ3n) is 6.37. The fourth-order valence-electron chi connectivity index (χ4n) is 5.70. The van der Waals surface area contributed by atoms with Crippen LogP contribution in [0.4, 0.5) is 0 Å². The second-order valence-corrected chi connectivity index (χ2v) is 7.45. The fraction of sp³-hybridized carbons (Fsp3) is 0.938. The standard InChI is InChI=1S/C16H25NO/c18-16(12-1-2-17-9-12)8-15-13-4-10-3-11(6-13)7-14(15)5-10/h10-15,17H,1-9H2. The molecule has 5 rings (SSSR count). The van der Waals surface area contributed by atoms with Crippen molar-refractivity contribution in [3.63, 3.8) is 0 Å². The zero-order valence-electron chi connectivity index (χ0n) is 11.2. The topological polar surface area (TPSA) is 29.1 Å². The van der Waals surface area contributed by atoms with Gasteiger partial charge >= 0.3 is 0 Å². The van der Waals surface area contributed by atoms with Crippen molar-refractivity contribution in [2.75, 3.05) is 13.1 Å². The molecule has 1 N–H and O–H groups in total. The molecule has 5 aliphatic rings. The van der Waals surface area contributed by atoms with E-state index in [9.17, 15) is 4.79 Å². The summed E-state index contributed by atoms with van der Waals surface area (Å²) in [6.07, 6.45) is 9.33. The molecule has 4 bridgehead atoms. The van der Waals surface area contributed by atoms with Crippen molar-refractivity contribution in [3.05, 3.63) is 0 Å². The monoisotopic (exact) mass is 247 g/mol. The summed E-state index contributed by atoms with van der Waals surface area (Å²) in [5, 5.41) is 3.33. The Kier molecular flexibility index (Phi) is 2.76. The Morgan fingerprint density at radius 1 is 1.00 bits per heavy atom. The van der Waals surface area contributed by atoms with E-state index < -0.39 is 0 Å². The van der Waals surface area contributed by atoms with Gasteiger partial charge < -0.3 is 5.32 Å². The smallest absolute Gasteiger partial charge is 0.137 e. The SMILES string of the molecule is O=C(CC1C2CC3CC(C2)CC1C3)C1CCNC1. The summed E-state index contributed by atoms with van der Waals surface area (Å²) in [7, 11) is 0. The van der Waals surface area contributed by atoms with E-state index in [2.05, 4.69) is 5.32 Å². The van der Waals surface area contributed by atoms with Gasteiger partial charge in [-0.3, -0.25) is 4.79 Å². The average molecular weight is 247 g/mol. The summed E-state index contributed by atoms with van der Waals surface area (Å²) in [4.78, 5) is 12.4. The van der Waals surface area contributed by atoms with Gasteiger partial charge in [0.2, 0.25) is 0 Å². The van der Waals surface area contributed by atoms with Gasteiger partial charge in [-0.25, -0.2) is 0 Å². The summed E-state index contributed by atoms with van der Waals surface area (Å²) in [5.74, 6) is 5.60. The molecule has 0 aromatic rings. The van der Waals surface area contributed by atoms with Crippen LogP contribution in [-0.2, 0) is 4.79 Å².